The first-order valence-corrected chi connectivity index (χ1v) is 9.64. The molecule has 0 spiro atoms. The number of nitrogens with zero attached hydrogens (tertiary/aromatic N) is 3. The number of nitrogens with one attached hydrogen (secondary N) is 1. The summed E-state index contributed by atoms with van der Waals surface area (Å²) in [5.41, 5.74) is 4.16. The highest BCUT2D eigenvalue weighted by Crippen LogP contribution is 2.41. The number of hydrogen-bond acceptors (Lipinski definition) is 6. The van der Waals surface area contributed by atoms with Crippen molar-refractivity contribution in [1.29, 1.82) is 0 Å². The Balaban J connectivity index is 1.59. The Bertz CT molecular complexity index is 996. The fourth-order valence-electron chi connectivity index (χ4n) is 3.66. The molecule has 148 valence electrons. The van der Waals surface area contributed by atoms with Crippen LogP contribution in [0.4, 0.5) is 5.82 Å². The van der Waals surface area contributed by atoms with Crippen LogP contribution < -0.4 is 5.48 Å². The van der Waals surface area contributed by atoms with Gasteiger partial charge >= 0.3 is 0 Å². The molecule has 4 unspecified atom stereocenters. The largest absolute Gasteiger partial charge is 0.386 e. The van der Waals surface area contributed by atoms with Crippen LogP contribution in [0.3, 0.4) is 0 Å². The number of ether oxygens (including phenoxy) is 1. The smallest absolute Gasteiger partial charge is 0.162 e. The van der Waals surface area contributed by atoms with Gasteiger partial charge in [-0.05, 0) is 36.1 Å². The Labute approximate surface area is 172 Å². The molecule has 0 amide bonds. The second-order valence-electron chi connectivity index (χ2n) is 6.88. The highest BCUT2D eigenvalue weighted by Gasteiger charge is 2.39. The number of aliphatic hydroxyl groups is 1. The Kier molecular flexibility index (Phi) is 5.44. The first-order chi connectivity index (χ1) is 13.5. The van der Waals surface area contributed by atoms with E-state index in [1.165, 1.54) is 13.4 Å². The molecule has 0 aliphatic carbocycles. The van der Waals surface area contributed by atoms with Crippen LogP contribution in [0.5, 0.6) is 0 Å². The van der Waals surface area contributed by atoms with Gasteiger partial charge in [0.05, 0.1) is 28.6 Å². The first-order valence-electron chi connectivity index (χ1n) is 8.88. The average molecular weight is 423 g/mol. The predicted octanol–water partition coefficient (Wildman–Crippen LogP) is 4.37. The van der Waals surface area contributed by atoms with Crippen molar-refractivity contribution < 1.29 is 14.7 Å². The molecule has 1 aromatic carbocycles. The van der Waals surface area contributed by atoms with Crippen molar-refractivity contribution in [2.24, 2.45) is 5.92 Å². The quantitative estimate of drug-likeness (QED) is 0.594. The number of benzene rings is 1. The molecule has 1 saturated heterocycles. The number of hydrogen-bond donors (Lipinski definition) is 2. The Hall–Kier alpha value is -1.90. The third kappa shape index (κ3) is 3.44. The van der Waals surface area contributed by atoms with Gasteiger partial charge in [0.15, 0.2) is 5.82 Å². The first kappa shape index (κ1) is 19.4. The van der Waals surface area contributed by atoms with Crippen LogP contribution in [-0.4, -0.2) is 32.9 Å². The monoisotopic (exact) mass is 422 g/mol. The van der Waals surface area contributed by atoms with E-state index in [2.05, 4.69) is 22.4 Å². The van der Waals surface area contributed by atoms with Crippen LogP contribution in [0.2, 0.25) is 10.0 Å². The highest BCUT2D eigenvalue weighted by atomic mass is 35.5. The topological polar surface area (TPSA) is 81.4 Å². The molecular weight excluding hydrogens is 403 g/mol. The van der Waals surface area contributed by atoms with Crippen LogP contribution in [0.25, 0.3) is 11.0 Å². The summed E-state index contributed by atoms with van der Waals surface area (Å²) in [5.74, 6) is 0.718. The van der Waals surface area contributed by atoms with Gasteiger partial charge in [0.25, 0.3) is 0 Å². The summed E-state index contributed by atoms with van der Waals surface area (Å²) in [5, 5.41) is 12.6. The second kappa shape index (κ2) is 7.85. The number of fused-ring (bicyclic) bond motifs is 1. The van der Waals surface area contributed by atoms with Gasteiger partial charge in [0.1, 0.15) is 24.3 Å². The van der Waals surface area contributed by atoms with Gasteiger partial charge in [-0.2, -0.15) is 0 Å². The van der Waals surface area contributed by atoms with Crippen molar-refractivity contribution in [3.8, 4) is 0 Å². The summed E-state index contributed by atoms with van der Waals surface area (Å²) in [6.07, 6.45) is 2.69. The van der Waals surface area contributed by atoms with E-state index in [-0.39, 0.29) is 18.2 Å². The normalized spacial score (nSPS) is 23.2. The lowest BCUT2D eigenvalue weighted by Gasteiger charge is -2.23. The van der Waals surface area contributed by atoms with Gasteiger partial charge in [0, 0.05) is 6.20 Å². The zero-order chi connectivity index (χ0) is 19.8. The predicted molar refractivity (Wildman–Crippen MR) is 107 cm³/mol. The van der Waals surface area contributed by atoms with Crippen molar-refractivity contribution in [1.82, 2.24) is 14.5 Å². The van der Waals surface area contributed by atoms with Gasteiger partial charge in [-0.25, -0.2) is 15.4 Å². The molecule has 0 saturated carbocycles. The van der Waals surface area contributed by atoms with E-state index in [1.54, 1.807) is 18.2 Å². The maximum Gasteiger partial charge on any atom is 0.162 e. The van der Waals surface area contributed by atoms with Crippen molar-refractivity contribution >= 4 is 40.1 Å². The van der Waals surface area contributed by atoms with Gasteiger partial charge in [-0.1, -0.05) is 36.2 Å². The molecule has 2 N–H and O–H groups in total. The van der Waals surface area contributed by atoms with Gasteiger partial charge in [-0.3, -0.25) is 4.84 Å². The molecule has 28 heavy (non-hydrogen) atoms. The number of anilines is 1. The Morgan fingerprint density at radius 3 is 2.86 bits per heavy atom. The fourth-order valence-corrected chi connectivity index (χ4v) is 3.96. The number of halogens is 2. The number of rotatable bonds is 5. The van der Waals surface area contributed by atoms with Gasteiger partial charge in [0.2, 0.25) is 0 Å². The minimum absolute atomic E-state index is 0.130. The summed E-state index contributed by atoms with van der Waals surface area (Å²) in [7, 11) is 1.53. The maximum atomic E-state index is 10.9. The molecule has 0 radical (unpaired) electrons. The molecule has 4 rings (SSSR count). The molecule has 1 aliphatic heterocycles. The second-order valence-corrected chi connectivity index (χ2v) is 7.69. The Morgan fingerprint density at radius 2 is 2.11 bits per heavy atom. The molecular formula is C19H20Cl2N4O3. The molecule has 2 aromatic heterocycles. The minimum atomic E-state index is -0.808. The van der Waals surface area contributed by atoms with E-state index in [0.717, 1.165) is 17.5 Å². The standard InChI is InChI=1S/C19H20Cl2N4O3/c1-10-7-15(25-6-5-12-18(24-27-2)22-9-23-19(12)25)28-17(10)16(26)11-3-4-13(20)14(21)8-11/h3-6,8-10,15-17,26H,7H2,1-2H3,(H,22,23,24). The van der Waals surface area contributed by atoms with Crippen LogP contribution in [0.15, 0.2) is 36.8 Å². The number of aromatic nitrogens is 3. The Morgan fingerprint density at radius 1 is 1.29 bits per heavy atom. The lowest BCUT2D eigenvalue weighted by molar-refractivity contribution is -0.0675. The molecule has 4 atom stereocenters. The average Bonchev–Trinajstić information content (AvgIpc) is 3.27. The molecule has 1 aliphatic rings. The van der Waals surface area contributed by atoms with E-state index >= 15 is 0 Å². The van der Waals surface area contributed by atoms with Crippen molar-refractivity contribution in [3.05, 3.63) is 52.4 Å². The van der Waals surface area contributed by atoms with Gasteiger partial charge in [-0.15, -0.1) is 0 Å². The maximum absolute atomic E-state index is 10.9. The highest BCUT2D eigenvalue weighted by molar-refractivity contribution is 6.42. The van der Waals surface area contributed by atoms with Crippen molar-refractivity contribution in [2.45, 2.75) is 31.8 Å². The molecule has 3 aromatic rings. The van der Waals surface area contributed by atoms with Crippen LogP contribution >= 0.6 is 23.2 Å². The summed E-state index contributed by atoms with van der Waals surface area (Å²) in [4.78, 5) is 13.5. The summed E-state index contributed by atoms with van der Waals surface area (Å²) < 4.78 is 8.19. The third-order valence-electron chi connectivity index (χ3n) is 5.06. The van der Waals surface area contributed by atoms with E-state index < -0.39 is 6.10 Å². The third-order valence-corrected chi connectivity index (χ3v) is 5.80. The SMILES string of the molecule is CONc1ncnc2c1ccn2C1CC(C)C(C(O)c2ccc(Cl)c(Cl)c2)O1. The van der Waals surface area contributed by atoms with Crippen molar-refractivity contribution in [3.63, 3.8) is 0 Å². The van der Waals surface area contributed by atoms with E-state index in [1.807, 2.05) is 16.8 Å². The number of aliphatic hydroxyl groups excluding tert-OH is 1. The fraction of sp³-hybridized carbons (Fsp3) is 0.368. The zero-order valence-corrected chi connectivity index (χ0v) is 16.9. The summed E-state index contributed by atoms with van der Waals surface area (Å²) >= 11 is 12.1. The van der Waals surface area contributed by atoms with Crippen LogP contribution in [0.1, 0.15) is 31.2 Å². The molecule has 7 nitrogen and oxygen atoms in total. The molecule has 0 bridgehead atoms. The molecule has 3 heterocycles. The van der Waals surface area contributed by atoms with E-state index in [4.69, 9.17) is 32.8 Å². The lowest BCUT2D eigenvalue weighted by Crippen LogP contribution is -2.23. The van der Waals surface area contributed by atoms with Crippen LogP contribution in [0, 0.1) is 5.92 Å². The van der Waals surface area contributed by atoms with E-state index in [0.29, 0.717) is 21.4 Å². The zero-order valence-electron chi connectivity index (χ0n) is 15.3. The van der Waals surface area contributed by atoms with Crippen molar-refractivity contribution in [2.75, 3.05) is 12.6 Å². The molecule has 1 fully saturated rings. The van der Waals surface area contributed by atoms with E-state index in [9.17, 15) is 5.11 Å². The molecule has 9 heteroatoms. The summed E-state index contributed by atoms with van der Waals surface area (Å²) in [6, 6.07) is 7.04. The lowest BCUT2D eigenvalue weighted by atomic mass is 9.94. The summed E-state index contributed by atoms with van der Waals surface area (Å²) in [6.45, 7) is 2.06. The van der Waals surface area contributed by atoms with Crippen LogP contribution in [-0.2, 0) is 9.57 Å². The minimum Gasteiger partial charge on any atom is -0.386 e. The van der Waals surface area contributed by atoms with Gasteiger partial charge < -0.3 is 14.4 Å².